The van der Waals surface area contributed by atoms with Crippen molar-refractivity contribution in [2.24, 2.45) is 5.73 Å². The highest BCUT2D eigenvalue weighted by molar-refractivity contribution is 7.18. The summed E-state index contributed by atoms with van der Waals surface area (Å²) in [6, 6.07) is 5.24. The first kappa shape index (κ1) is 22.4. The highest BCUT2D eigenvalue weighted by Crippen LogP contribution is 2.28. The molecular formula is C17H20Cl2FN3O2S. The fraction of sp³-hybridized carbons (Fsp3) is 0.294. The third-order valence-electron chi connectivity index (χ3n) is 3.24. The smallest absolute Gasteiger partial charge is 0.261 e. The maximum Gasteiger partial charge on any atom is 0.261 e. The van der Waals surface area contributed by atoms with Crippen LogP contribution in [-0.2, 0) is 0 Å². The van der Waals surface area contributed by atoms with E-state index in [1.54, 1.807) is 13.0 Å². The van der Waals surface area contributed by atoms with E-state index in [9.17, 15) is 14.0 Å². The Labute approximate surface area is 166 Å². The standard InChI is InChI=1S/C17H19ClFN3O2S.ClH/c1-9-6-13(25-14(9)16(24)21-8-17(2,3)20)22-15(23)11-5-4-10(19)7-12(11)18;/h4-7H,8,20H2,1-3H3,(H,21,24)(H,22,23);1H. The Morgan fingerprint density at radius 2 is 1.92 bits per heavy atom. The summed E-state index contributed by atoms with van der Waals surface area (Å²) in [7, 11) is 0. The van der Waals surface area contributed by atoms with E-state index in [0.29, 0.717) is 16.4 Å². The van der Waals surface area contributed by atoms with Gasteiger partial charge in [0.1, 0.15) is 5.82 Å². The molecule has 0 aliphatic rings. The molecule has 0 saturated carbocycles. The van der Waals surface area contributed by atoms with Gasteiger partial charge in [0, 0.05) is 12.1 Å². The van der Waals surface area contributed by atoms with Crippen LogP contribution >= 0.6 is 35.3 Å². The Kier molecular flexibility index (Phi) is 7.58. The predicted octanol–water partition coefficient (Wildman–Crippen LogP) is 3.99. The monoisotopic (exact) mass is 419 g/mol. The van der Waals surface area contributed by atoms with Crippen LogP contribution < -0.4 is 16.4 Å². The van der Waals surface area contributed by atoms with E-state index in [1.807, 2.05) is 13.8 Å². The molecule has 1 aromatic carbocycles. The Bertz CT molecular complexity index is 819. The molecule has 0 fully saturated rings. The summed E-state index contributed by atoms with van der Waals surface area (Å²) in [5.41, 5.74) is 6.23. The average Bonchev–Trinajstić information content (AvgIpc) is 2.84. The van der Waals surface area contributed by atoms with Crippen molar-refractivity contribution in [3.63, 3.8) is 0 Å². The van der Waals surface area contributed by atoms with Crippen molar-refractivity contribution in [2.45, 2.75) is 26.3 Å². The molecule has 4 N–H and O–H groups in total. The van der Waals surface area contributed by atoms with Crippen LogP contribution in [-0.4, -0.2) is 23.9 Å². The number of hydrogen-bond donors (Lipinski definition) is 3. The second kappa shape index (κ2) is 8.81. The molecule has 9 heteroatoms. The molecule has 2 amide bonds. The number of amides is 2. The Morgan fingerprint density at radius 3 is 2.50 bits per heavy atom. The maximum absolute atomic E-state index is 13.1. The number of carbonyl (C=O) groups is 2. The fourth-order valence-electron chi connectivity index (χ4n) is 2.01. The van der Waals surface area contributed by atoms with Crippen LogP contribution in [0.4, 0.5) is 9.39 Å². The van der Waals surface area contributed by atoms with Crippen molar-refractivity contribution in [3.05, 3.63) is 51.1 Å². The molecule has 1 aromatic heterocycles. The molecule has 0 radical (unpaired) electrons. The summed E-state index contributed by atoms with van der Waals surface area (Å²) in [4.78, 5) is 25.0. The molecule has 0 aliphatic heterocycles. The summed E-state index contributed by atoms with van der Waals surface area (Å²) in [6.07, 6.45) is 0. The molecule has 0 atom stereocenters. The first-order chi connectivity index (χ1) is 11.6. The highest BCUT2D eigenvalue weighted by atomic mass is 35.5. The molecule has 0 bridgehead atoms. The van der Waals surface area contributed by atoms with Gasteiger partial charge in [-0.1, -0.05) is 11.6 Å². The summed E-state index contributed by atoms with van der Waals surface area (Å²) < 4.78 is 13.1. The summed E-state index contributed by atoms with van der Waals surface area (Å²) in [5, 5.41) is 5.96. The van der Waals surface area contributed by atoms with Gasteiger partial charge in [-0.15, -0.1) is 23.7 Å². The van der Waals surface area contributed by atoms with Gasteiger partial charge >= 0.3 is 0 Å². The van der Waals surface area contributed by atoms with Crippen molar-refractivity contribution in [1.29, 1.82) is 0 Å². The van der Waals surface area contributed by atoms with E-state index in [-0.39, 0.29) is 28.9 Å². The van der Waals surface area contributed by atoms with Crippen LogP contribution in [0.25, 0.3) is 0 Å². The zero-order chi connectivity index (χ0) is 18.8. The van der Waals surface area contributed by atoms with E-state index in [1.165, 1.54) is 6.07 Å². The van der Waals surface area contributed by atoms with Crippen molar-refractivity contribution >= 4 is 52.2 Å². The van der Waals surface area contributed by atoms with Crippen LogP contribution in [0.1, 0.15) is 39.4 Å². The van der Waals surface area contributed by atoms with Gasteiger partial charge < -0.3 is 16.4 Å². The maximum atomic E-state index is 13.1. The lowest BCUT2D eigenvalue weighted by Gasteiger charge is -2.18. The lowest BCUT2D eigenvalue weighted by atomic mass is 10.1. The summed E-state index contributed by atoms with van der Waals surface area (Å²) in [5.74, 6) is -1.24. The number of nitrogens with two attached hydrogens (primary N) is 1. The van der Waals surface area contributed by atoms with E-state index >= 15 is 0 Å². The van der Waals surface area contributed by atoms with Crippen molar-refractivity contribution in [1.82, 2.24) is 5.32 Å². The van der Waals surface area contributed by atoms with Gasteiger partial charge in [-0.25, -0.2) is 4.39 Å². The second-order valence-corrected chi connectivity index (χ2v) is 7.83. The first-order valence-electron chi connectivity index (χ1n) is 7.51. The van der Waals surface area contributed by atoms with Crippen LogP contribution in [0.2, 0.25) is 5.02 Å². The first-order valence-corrected chi connectivity index (χ1v) is 8.70. The lowest BCUT2D eigenvalue weighted by molar-refractivity contribution is 0.0948. The minimum Gasteiger partial charge on any atom is -0.350 e. The lowest BCUT2D eigenvalue weighted by Crippen LogP contribution is -2.45. The molecule has 0 spiro atoms. The Hall–Kier alpha value is -1.67. The fourth-order valence-corrected chi connectivity index (χ4v) is 3.25. The van der Waals surface area contributed by atoms with Crippen molar-refractivity contribution in [2.75, 3.05) is 11.9 Å². The minimum absolute atomic E-state index is 0. The van der Waals surface area contributed by atoms with Gasteiger partial charge in [-0.3, -0.25) is 9.59 Å². The van der Waals surface area contributed by atoms with Gasteiger partial charge in [0.15, 0.2) is 0 Å². The molecule has 0 saturated heterocycles. The minimum atomic E-state index is -0.518. The Balaban J connectivity index is 0.00000338. The van der Waals surface area contributed by atoms with Crippen LogP contribution in [0.15, 0.2) is 24.3 Å². The van der Waals surface area contributed by atoms with E-state index < -0.39 is 17.3 Å². The van der Waals surface area contributed by atoms with Crippen LogP contribution in [0.3, 0.4) is 0 Å². The van der Waals surface area contributed by atoms with E-state index in [2.05, 4.69) is 10.6 Å². The Morgan fingerprint density at radius 1 is 1.27 bits per heavy atom. The number of anilines is 1. The van der Waals surface area contributed by atoms with Crippen molar-refractivity contribution in [3.8, 4) is 0 Å². The van der Waals surface area contributed by atoms with Crippen LogP contribution in [0.5, 0.6) is 0 Å². The summed E-state index contributed by atoms with van der Waals surface area (Å²) in [6.45, 7) is 5.73. The number of aryl methyl sites for hydroxylation is 1. The molecule has 26 heavy (non-hydrogen) atoms. The van der Waals surface area contributed by atoms with Gasteiger partial charge in [0.25, 0.3) is 11.8 Å². The van der Waals surface area contributed by atoms with Crippen LogP contribution in [0, 0.1) is 12.7 Å². The largest absolute Gasteiger partial charge is 0.350 e. The van der Waals surface area contributed by atoms with Gasteiger partial charge in [-0.2, -0.15) is 0 Å². The van der Waals surface area contributed by atoms with Gasteiger partial charge in [0.2, 0.25) is 0 Å². The highest BCUT2D eigenvalue weighted by Gasteiger charge is 2.19. The predicted molar refractivity (Wildman–Crippen MR) is 106 cm³/mol. The topological polar surface area (TPSA) is 84.2 Å². The number of nitrogens with one attached hydrogen (secondary N) is 2. The number of carbonyl (C=O) groups excluding carboxylic acids is 2. The van der Waals surface area contributed by atoms with Gasteiger partial charge in [-0.05, 0) is 50.6 Å². The molecule has 1 heterocycles. The third kappa shape index (κ3) is 5.95. The molecule has 0 aliphatic carbocycles. The number of halogens is 3. The zero-order valence-electron chi connectivity index (χ0n) is 14.5. The third-order valence-corrected chi connectivity index (χ3v) is 4.71. The average molecular weight is 420 g/mol. The quantitative estimate of drug-likeness (QED) is 0.684. The molecular weight excluding hydrogens is 400 g/mol. The molecule has 2 rings (SSSR count). The molecule has 2 aromatic rings. The number of hydrogen-bond acceptors (Lipinski definition) is 4. The SMILES string of the molecule is Cc1cc(NC(=O)c2ccc(F)cc2Cl)sc1C(=O)NCC(C)(C)N.Cl. The summed E-state index contributed by atoms with van der Waals surface area (Å²) >= 11 is 7.04. The van der Waals surface area contributed by atoms with E-state index in [4.69, 9.17) is 17.3 Å². The molecule has 142 valence electrons. The molecule has 5 nitrogen and oxygen atoms in total. The number of benzene rings is 1. The van der Waals surface area contributed by atoms with Crippen molar-refractivity contribution < 1.29 is 14.0 Å². The zero-order valence-corrected chi connectivity index (χ0v) is 16.9. The number of rotatable bonds is 5. The molecule has 0 unspecified atom stereocenters. The van der Waals surface area contributed by atoms with Gasteiger partial charge in [0.05, 0.1) is 20.5 Å². The van der Waals surface area contributed by atoms with E-state index in [0.717, 1.165) is 29.0 Å². The normalized spacial score (nSPS) is 10.8. The number of thiophene rings is 1. The second-order valence-electron chi connectivity index (χ2n) is 6.37.